The van der Waals surface area contributed by atoms with Gasteiger partial charge in [-0.05, 0) is 13.8 Å². The van der Waals surface area contributed by atoms with Crippen molar-refractivity contribution in [1.82, 2.24) is 4.72 Å². The van der Waals surface area contributed by atoms with Gasteiger partial charge in [0, 0.05) is 6.54 Å². The van der Waals surface area contributed by atoms with Crippen molar-refractivity contribution < 1.29 is 22.7 Å². The number of sulfonamides is 1. The largest absolute Gasteiger partial charge is 0.478 e. The minimum absolute atomic E-state index is 0.0795. The molecule has 1 rings (SSSR count). The first kappa shape index (κ1) is 12.7. The third kappa shape index (κ3) is 2.10. The van der Waals surface area contributed by atoms with E-state index in [2.05, 4.69) is 4.72 Å². The maximum absolute atomic E-state index is 11.8. The van der Waals surface area contributed by atoms with Crippen LogP contribution in [0.4, 0.5) is 0 Å². The molecule has 0 aliphatic heterocycles. The molecule has 1 heterocycles. The van der Waals surface area contributed by atoms with E-state index in [0.29, 0.717) is 0 Å². The minimum atomic E-state index is -3.82. The highest BCUT2D eigenvalue weighted by molar-refractivity contribution is 7.89. The van der Waals surface area contributed by atoms with E-state index >= 15 is 0 Å². The monoisotopic (exact) mass is 247 g/mol. The molecule has 0 saturated heterocycles. The van der Waals surface area contributed by atoms with E-state index in [1.165, 1.54) is 13.8 Å². The number of carboxylic acids is 1. The Bertz CT molecular complexity index is 514. The summed E-state index contributed by atoms with van der Waals surface area (Å²) < 4.78 is 30.8. The average Bonchev–Trinajstić information content (AvgIpc) is 2.41. The first-order valence-corrected chi connectivity index (χ1v) is 6.12. The van der Waals surface area contributed by atoms with Gasteiger partial charge in [0.2, 0.25) is 10.0 Å². The van der Waals surface area contributed by atoms with Crippen molar-refractivity contribution in [3.05, 3.63) is 17.1 Å². The maximum atomic E-state index is 11.8. The van der Waals surface area contributed by atoms with Crippen LogP contribution in [0.25, 0.3) is 0 Å². The van der Waals surface area contributed by atoms with Gasteiger partial charge in [0.15, 0.2) is 0 Å². The molecule has 2 N–H and O–H groups in total. The number of hydrogen-bond acceptors (Lipinski definition) is 4. The van der Waals surface area contributed by atoms with E-state index < -0.39 is 16.0 Å². The van der Waals surface area contributed by atoms with E-state index in [-0.39, 0.29) is 28.5 Å². The van der Waals surface area contributed by atoms with E-state index in [1.807, 2.05) is 0 Å². The standard InChI is InChI=1S/C9H13NO5S/c1-4-10-16(13,14)8-6(3)15-5(2)7(8)9(11)12/h10H,4H2,1-3H3,(H,11,12). The first-order chi connectivity index (χ1) is 7.31. The lowest BCUT2D eigenvalue weighted by molar-refractivity contribution is 0.0691. The van der Waals surface area contributed by atoms with Crippen LogP contribution in [0, 0.1) is 13.8 Å². The Hall–Kier alpha value is -1.34. The molecular formula is C9H13NO5S. The van der Waals surface area contributed by atoms with E-state index in [9.17, 15) is 13.2 Å². The number of carboxylic acid groups (broad SMARTS) is 1. The average molecular weight is 247 g/mol. The SMILES string of the molecule is CCNS(=O)(=O)c1c(C)oc(C)c1C(=O)O. The zero-order valence-corrected chi connectivity index (χ0v) is 10.0. The molecule has 0 aliphatic rings. The van der Waals surface area contributed by atoms with Gasteiger partial charge in [-0.2, -0.15) is 0 Å². The predicted molar refractivity (Wildman–Crippen MR) is 56.0 cm³/mol. The summed E-state index contributed by atoms with van der Waals surface area (Å²) in [7, 11) is -3.82. The number of rotatable bonds is 4. The lowest BCUT2D eigenvalue weighted by Crippen LogP contribution is -2.25. The second-order valence-electron chi connectivity index (χ2n) is 3.23. The highest BCUT2D eigenvalue weighted by atomic mass is 32.2. The molecule has 1 aromatic rings. The van der Waals surface area contributed by atoms with E-state index in [0.717, 1.165) is 0 Å². The van der Waals surface area contributed by atoms with Crippen LogP contribution in [-0.2, 0) is 10.0 Å². The van der Waals surface area contributed by atoms with Crippen molar-refractivity contribution >= 4 is 16.0 Å². The molecule has 0 aliphatic carbocycles. The molecule has 0 amide bonds. The second-order valence-corrected chi connectivity index (χ2v) is 4.93. The third-order valence-corrected chi connectivity index (χ3v) is 3.72. The Kier molecular flexibility index (Phi) is 3.39. The lowest BCUT2D eigenvalue weighted by Gasteiger charge is -2.03. The molecule has 7 heteroatoms. The Morgan fingerprint density at radius 1 is 1.38 bits per heavy atom. The van der Waals surface area contributed by atoms with Gasteiger partial charge in [-0.15, -0.1) is 0 Å². The number of aryl methyl sites for hydroxylation is 2. The van der Waals surface area contributed by atoms with Crippen LogP contribution in [0.2, 0.25) is 0 Å². The van der Waals surface area contributed by atoms with Crippen LogP contribution in [0.3, 0.4) is 0 Å². The summed E-state index contributed by atoms with van der Waals surface area (Å²) in [5.41, 5.74) is -0.307. The second kappa shape index (κ2) is 4.26. The number of nitrogens with one attached hydrogen (secondary N) is 1. The molecule has 16 heavy (non-hydrogen) atoms. The van der Waals surface area contributed by atoms with Gasteiger partial charge < -0.3 is 9.52 Å². The Morgan fingerprint density at radius 3 is 2.38 bits per heavy atom. The van der Waals surface area contributed by atoms with E-state index in [1.54, 1.807) is 6.92 Å². The molecule has 0 saturated carbocycles. The van der Waals surface area contributed by atoms with Gasteiger partial charge in [-0.25, -0.2) is 17.9 Å². The Labute approximate surface area is 93.3 Å². The lowest BCUT2D eigenvalue weighted by atomic mass is 10.2. The van der Waals surface area contributed by atoms with Gasteiger partial charge in [0.05, 0.1) is 0 Å². The smallest absolute Gasteiger partial charge is 0.340 e. The van der Waals surface area contributed by atoms with Crippen LogP contribution in [0.1, 0.15) is 28.8 Å². The summed E-state index contributed by atoms with van der Waals surface area (Å²) in [6, 6.07) is 0. The molecule has 0 atom stereocenters. The molecule has 0 aromatic carbocycles. The van der Waals surface area contributed by atoms with Gasteiger partial charge >= 0.3 is 5.97 Å². The number of aromatic carboxylic acids is 1. The normalized spacial score (nSPS) is 11.7. The van der Waals surface area contributed by atoms with Crippen LogP contribution in [0.5, 0.6) is 0 Å². The van der Waals surface area contributed by atoms with E-state index in [4.69, 9.17) is 9.52 Å². The first-order valence-electron chi connectivity index (χ1n) is 4.64. The molecule has 90 valence electrons. The zero-order chi connectivity index (χ0) is 12.5. The summed E-state index contributed by atoms with van der Waals surface area (Å²) >= 11 is 0. The van der Waals surface area contributed by atoms with Gasteiger partial charge in [0.25, 0.3) is 0 Å². The van der Waals surface area contributed by atoms with Crippen molar-refractivity contribution in [2.45, 2.75) is 25.7 Å². The topological polar surface area (TPSA) is 96.6 Å². The minimum Gasteiger partial charge on any atom is -0.478 e. The van der Waals surface area contributed by atoms with Crippen LogP contribution < -0.4 is 4.72 Å². The van der Waals surface area contributed by atoms with Crippen LogP contribution >= 0.6 is 0 Å². The number of furan rings is 1. The number of hydrogen-bond donors (Lipinski definition) is 2. The quantitative estimate of drug-likeness (QED) is 0.823. The summed E-state index contributed by atoms with van der Waals surface area (Å²) in [4.78, 5) is 10.7. The van der Waals surface area contributed by atoms with Crippen LogP contribution in [-0.4, -0.2) is 26.0 Å². The molecule has 0 fully saturated rings. The number of carbonyl (C=O) groups is 1. The highest BCUT2D eigenvalue weighted by Gasteiger charge is 2.30. The van der Waals surface area contributed by atoms with Crippen molar-refractivity contribution in [1.29, 1.82) is 0 Å². The summed E-state index contributed by atoms with van der Waals surface area (Å²) in [5.74, 6) is -1.15. The van der Waals surface area contributed by atoms with Gasteiger partial charge in [0.1, 0.15) is 22.0 Å². The van der Waals surface area contributed by atoms with Crippen molar-refractivity contribution in [3.8, 4) is 0 Å². The Balaban J connectivity index is 3.50. The predicted octanol–water partition coefficient (Wildman–Crippen LogP) is 0.893. The maximum Gasteiger partial charge on any atom is 0.340 e. The zero-order valence-electron chi connectivity index (χ0n) is 9.20. The van der Waals surface area contributed by atoms with Gasteiger partial charge in [-0.1, -0.05) is 6.92 Å². The fraction of sp³-hybridized carbons (Fsp3) is 0.444. The fourth-order valence-electron chi connectivity index (χ4n) is 1.50. The fourth-order valence-corrected chi connectivity index (χ4v) is 2.94. The molecule has 0 bridgehead atoms. The summed E-state index contributed by atoms with van der Waals surface area (Å²) in [6.45, 7) is 4.64. The molecule has 0 spiro atoms. The van der Waals surface area contributed by atoms with Gasteiger partial charge in [-0.3, -0.25) is 0 Å². The third-order valence-electron chi connectivity index (χ3n) is 2.02. The van der Waals surface area contributed by atoms with Crippen molar-refractivity contribution in [2.24, 2.45) is 0 Å². The summed E-state index contributed by atoms with van der Waals surface area (Å²) in [6.07, 6.45) is 0. The van der Waals surface area contributed by atoms with Crippen molar-refractivity contribution in [3.63, 3.8) is 0 Å². The Morgan fingerprint density at radius 2 is 1.94 bits per heavy atom. The molecule has 0 unspecified atom stereocenters. The summed E-state index contributed by atoms with van der Waals surface area (Å²) in [5, 5.41) is 8.94. The molecule has 6 nitrogen and oxygen atoms in total. The molecule has 0 radical (unpaired) electrons. The molecule has 1 aromatic heterocycles. The van der Waals surface area contributed by atoms with Crippen molar-refractivity contribution in [2.75, 3.05) is 6.54 Å². The molecular weight excluding hydrogens is 234 g/mol. The van der Waals surface area contributed by atoms with Crippen LogP contribution in [0.15, 0.2) is 9.31 Å². The highest BCUT2D eigenvalue weighted by Crippen LogP contribution is 2.26.